The number of nitriles is 1. The van der Waals surface area contributed by atoms with Crippen LogP contribution in [0.15, 0.2) is 76.2 Å². The van der Waals surface area contributed by atoms with Gasteiger partial charge >= 0.3 is 5.97 Å². The second-order valence-electron chi connectivity index (χ2n) is 8.56. The third kappa shape index (κ3) is 6.00. The molecular formula is C30H29N3O6S. The zero-order chi connectivity index (χ0) is 28.6. The van der Waals surface area contributed by atoms with Crippen molar-refractivity contribution in [3.8, 4) is 23.3 Å². The van der Waals surface area contributed by atoms with E-state index in [1.807, 2.05) is 13.0 Å². The minimum atomic E-state index is -0.785. The zero-order valence-corrected chi connectivity index (χ0v) is 23.3. The number of esters is 1. The Morgan fingerprint density at radius 3 is 2.58 bits per heavy atom. The Balaban J connectivity index is 1.86. The first-order valence-electron chi connectivity index (χ1n) is 12.7. The molecular weight excluding hydrogens is 530 g/mol. The number of hydrogen-bond donors (Lipinski definition) is 0. The Morgan fingerprint density at radius 1 is 1.12 bits per heavy atom. The first-order chi connectivity index (χ1) is 19.4. The number of thiazole rings is 1. The van der Waals surface area contributed by atoms with Gasteiger partial charge in [0.1, 0.15) is 18.4 Å². The van der Waals surface area contributed by atoms with Crippen molar-refractivity contribution in [2.24, 2.45) is 4.99 Å². The molecule has 2 heterocycles. The van der Waals surface area contributed by atoms with Gasteiger partial charge in [-0.3, -0.25) is 9.36 Å². The monoisotopic (exact) mass is 559 g/mol. The molecule has 0 spiro atoms. The van der Waals surface area contributed by atoms with Gasteiger partial charge in [-0.2, -0.15) is 5.26 Å². The number of rotatable bonds is 11. The van der Waals surface area contributed by atoms with E-state index < -0.39 is 12.0 Å². The third-order valence-corrected chi connectivity index (χ3v) is 6.92. The average Bonchev–Trinajstić information content (AvgIpc) is 3.25. The summed E-state index contributed by atoms with van der Waals surface area (Å²) < 4.78 is 24.2. The van der Waals surface area contributed by atoms with E-state index in [0.29, 0.717) is 51.1 Å². The molecule has 0 N–H and O–H groups in total. The second-order valence-corrected chi connectivity index (χ2v) is 9.57. The van der Waals surface area contributed by atoms with Crippen LogP contribution in [0.1, 0.15) is 37.9 Å². The molecule has 0 aliphatic carbocycles. The third-order valence-electron chi connectivity index (χ3n) is 5.94. The molecule has 2 aromatic carbocycles. The molecule has 0 fully saturated rings. The lowest BCUT2D eigenvalue weighted by Gasteiger charge is -2.25. The summed E-state index contributed by atoms with van der Waals surface area (Å²) in [5.74, 6) is 1.03. The smallest absolute Gasteiger partial charge is 0.338 e. The molecule has 40 heavy (non-hydrogen) atoms. The van der Waals surface area contributed by atoms with Crippen LogP contribution in [-0.2, 0) is 9.53 Å². The fraction of sp³-hybridized carbons (Fsp3) is 0.267. The van der Waals surface area contributed by atoms with Crippen molar-refractivity contribution < 1.29 is 23.7 Å². The van der Waals surface area contributed by atoms with E-state index in [1.165, 1.54) is 15.9 Å². The lowest BCUT2D eigenvalue weighted by molar-refractivity contribution is -0.139. The topological polar surface area (TPSA) is 112 Å². The molecule has 0 unspecified atom stereocenters. The lowest BCUT2D eigenvalue weighted by Crippen LogP contribution is -2.40. The summed E-state index contributed by atoms with van der Waals surface area (Å²) in [6, 6.07) is 13.6. The minimum absolute atomic E-state index is 0.0491. The molecule has 4 rings (SSSR count). The molecule has 10 heteroatoms. The van der Waals surface area contributed by atoms with Gasteiger partial charge < -0.3 is 18.9 Å². The van der Waals surface area contributed by atoms with E-state index in [2.05, 4.69) is 11.6 Å². The van der Waals surface area contributed by atoms with Crippen molar-refractivity contribution in [2.45, 2.75) is 26.8 Å². The van der Waals surface area contributed by atoms with Gasteiger partial charge in [-0.25, -0.2) is 9.79 Å². The summed E-state index contributed by atoms with van der Waals surface area (Å²) in [7, 11) is 0. The van der Waals surface area contributed by atoms with Crippen LogP contribution in [0.2, 0.25) is 0 Å². The van der Waals surface area contributed by atoms with Gasteiger partial charge in [0.15, 0.2) is 22.9 Å². The van der Waals surface area contributed by atoms with Gasteiger partial charge in [0.05, 0.1) is 35.1 Å². The Morgan fingerprint density at radius 2 is 1.90 bits per heavy atom. The highest BCUT2D eigenvalue weighted by atomic mass is 32.1. The number of fused-ring (bicyclic) bond motifs is 1. The maximum absolute atomic E-state index is 13.8. The number of aromatic nitrogens is 1. The maximum atomic E-state index is 13.8. The van der Waals surface area contributed by atoms with Crippen LogP contribution >= 0.6 is 11.3 Å². The molecule has 0 amide bonds. The number of carbonyl (C=O) groups is 1. The van der Waals surface area contributed by atoms with Crippen molar-refractivity contribution >= 4 is 23.4 Å². The van der Waals surface area contributed by atoms with E-state index in [-0.39, 0.29) is 24.3 Å². The van der Waals surface area contributed by atoms with E-state index >= 15 is 0 Å². The predicted molar refractivity (Wildman–Crippen MR) is 151 cm³/mol. The summed E-state index contributed by atoms with van der Waals surface area (Å²) in [6.07, 6.45) is 3.40. The van der Waals surface area contributed by atoms with Crippen molar-refractivity contribution in [3.63, 3.8) is 0 Å². The van der Waals surface area contributed by atoms with Crippen LogP contribution in [0.4, 0.5) is 0 Å². The normalized spacial score (nSPS) is 14.6. The highest BCUT2D eigenvalue weighted by Crippen LogP contribution is 2.36. The maximum Gasteiger partial charge on any atom is 0.338 e. The second kappa shape index (κ2) is 13.0. The quantitative estimate of drug-likeness (QED) is 0.260. The van der Waals surface area contributed by atoms with Crippen LogP contribution in [0.3, 0.4) is 0 Å². The Kier molecular flexibility index (Phi) is 9.19. The van der Waals surface area contributed by atoms with Crippen molar-refractivity contribution in [3.05, 3.63) is 97.2 Å². The molecule has 3 aromatic rings. The molecule has 1 aromatic heterocycles. The fourth-order valence-electron chi connectivity index (χ4n) is 4.27. The highest BCUT2D eigenvalue weighted by Gasteiger charge is 2.34. The van der Waals surface area contributed by atoms with Crippen LogP contribution < -0.4 is 29.1 Å². The molecule has 0 bridgehead atoms. The summed E-state index contributed by atoms with van der Waals surface area (Å²) in [5, 5.41) is 8.71. The summed E-state index contributed by atoms with van der Waals surface area (Å²) >= 11 is 1.23. The van der Waals surface area contributed by atoms with Crippen LogP contribution in [0, 0.1) is 11.3 Å². The molecule has 0 saturated heterocycles. The number of nitrogens with zero attached hydrogens (tertiary/aromatic N) is 3. The molecule has 9 nitrogen and oxygen atoms in total. The van der Waals surface area contributed by atoms with Crippen molar-refractivity contribution in [2.75, 3.05) is 26.4 Å². The van der Waals surface area contributed by atoms with Crippen LogP contribution in [-0.4, -0.2) is 37.0 Å². The van der Waals surface area contributed by atoms with E-state index in [4.69, 9.17) is 24.2 Å². The van der Waals surface area contributed by atoms with E-state index in [1.54, 1.807) is 68.5 Å². The summed E-state index contributed by atoms with van der Waals surface area (Å²) in [5.41, 5.74) is 1.88. The largest absolute Gasteiger partial charge is 0.490 e. The van der Waals surface area contributed by atoms with Crippen molar-refractivity contribution in [1.82, 2.24) is 4.57 Å². The number of hydrogen-bond acceptors (Lipinski definition) is 9. The van der Waals surface area contributed by atoms with E-state index in [0.717, 1.165) is 5.56 Å². The van der Waals surface area contributed by atoms with Crippen molar-refractivity contribution in [1.29, 1.82) is 5.26 Å². The first-order valence-corrected chi connectivity index (χ1v) is 13.5. The molecule has 1 aliphatic heterocycles. The molecule has 1 aliphatic rings. The Bertz CT molecular complexity index is 1660. The van der Waals surface area contributed by atoms with Gasteiger partial charge in [-0.1, -0.05) is 42.2 Å². The summed E-state index contributed by atoms with van der Waals surface area (Å²) in [4.78, 5) is 32.1. The number of benzene rings is 2. The lowest BCUT2D eigenvalue weighted by atomic mass is 9.95. The highest BCUT2D eigenvalue weighted by molar-refractivity contribution is 7.07. The standard InChI is InChI=1S/C30H29N3O6S/c1-5-15-39-23-13-10-21(18-24(23)36-6-2)27-26(29(35)37-7-3)19(4)32-30-33(27)28(34)25(40-30)17-20-8-11-22(12-9-20)38-16-14-31/h5,8-13,17-18,27H,1,6-7,15-16H2,2-4H3/t27-/m1/s1. The first kappa shape index (κ1) is 28.4. The van der Waals surface area contributed by atoms with Gasteiger partial charge in [0.2, 0.25) is 0 Å². The van der Waals surface area contributed by atoms with E-state index in [9.17, 15) is 9.59 Å². The van der Waals surface area contributed by atoms with Crippen LogP contribution in [0.25, 0.3) is 6.08 Å². The Labute approximate surface area is 235 Å². The number of allylic oxidation sites excluding steroid dienone is 1. The number of ether oxygens (including phenoxy) is 4. The SMILES string of the molecule is C=CCOc1ccc([C@@H]2C(C(=O)OCC)=C(C)N=c3sc(=Cc4ccc(OCC#N)cc4)c(=O)n32)cc1OCC. The minimum Gasteiger partial charge on any atom is -0.490 e. The molecule has 206 valence electrons. The van der Waals surface area contributed by atoms with Gasteiger partial charge in [0, 0.05) is 0 Å². The molecule has 1 atom stereocenters. The molecule has 0 radical (unpaired) electrons. The van der Waals surface area contributed by atoms with Gasteiger partial charge in [-0.15, -0.1) is 0 Å². The predicted octanol–water partition coefficient (Wildman–Crippen LogP) is 3.66. The van der Waals surface area contributed by atoms with Crippen LogP contribution in [0.5, 0.6) is 17.2 Å². The summed E-state index contributed by atoms with van der Waals surface area (Å²) in [6.45, 7) is 9.85. The Hall–Kier alpha value is -4.62. The zero-order valence-electron chi connectivity index (χ0n) is 22.5. The average molecular weight is 560 g/mol. The fourth-order valence-corrected chi connectivity index (χ4v) is 5.31. The van der Waals surface area contributed by atoms with Gasteiger partial charge in [0.25, 0.3) is 5.56 Å². The number of carbonyl (C=O) groups excluding carboxylic acids is 1. The molecule has 0 saturated carbocycles. The van der Waals surface area contributed by atoms with Gasteiger partial charge in [-0.05, 0) is 62.2 Å².